The zero-order chi connectivity index (χ0) is 20.0. The van der Waals surface area contributed by atoms with Crippen LogP contribution in [-0.2, 0) is 6.18 Å². The molecule has 1 saturated carbocycles. The number of ketones is 1. The molecule has 1 aliphatic carbocycles. The highest BCUT2D eigenvalue weighted by atomic mass is 19.4. The highest BCUT2D eigenvalue weighted by Crippen LogP contribution is 2.43. The molecule has 1 aliphatic heterocycles. The molecule has 2 fully saturated rings. The van der Waals surface area contributed by atoms with Gasteiger partial charge in [-0.05, 0) is 56.5 Å². The van der Waals surface area contributed by atoms with Gasteiger partial charge in [-0.25, -0.2) is 0 Å². The third-order valence-corrected chi connectivity index (χ3v) is 6.19. The van der Waals surface area contributed by atoms with Gasteiger partial charge in [0.15, 0.2) is 5.76 Å². The molecule has 2 heterocycles. The summed E-state index contributed by atoms with van der Waals surface area (Å²) in [5, 5.41) is 3.37. The van der Waals surface area contributed by atoms with Crippen molar-refractivity contribution in [1.82, 2.24) is 5.32 Å². The van der Waals surface area contributed by atoms with E-state index in [2.05, 4.69) is 5.32 Å². The fourth-order valence-electron chi connectivity index (χ4n) is 4.70. The number of carbonyl (C=O) groups is 1. The first kappa shape index (κ1) is 19.2. The van der Waals surface area contributed by atoms with Crippen molar-refractivity contribution < 1.29 is 22.4 Å². The Bertz CT molecular complexity index is 876. The van der Waals surface area contributed by atoms with Gasteiger partial charge >= 0.3 is 6.18 Å². The summed E-state index contributed by atoms with van der Waals surface area (Å²) < 4.78 is 44.7. The van der Waals surface area contributed by atoms with Gasteiger partial charge in [0.2, 0.25) is 5.78 Å². The standard InChI is InChI=1S/C21H23F3N2O2/c22-21(23,24)15-6-3-5-14(13-15)16-7-8-17(28-16)18(27)20-11-2-1-9-19(20,25)10-4-12-26-20/h3,5-8,13,26H,1-2,4,9-12,25H2. The summed E-state index contributed by atoms with van der Waals surface area (Å²) in [6.45, 7) is 0.714. The number of furan rings is 1. The van der Waals surface area contributed by atoms with Crippen molar-refractivity contribution in [3.63, 3.8) is 0 Å². The second-order valence-electron chi connectivity index (χ2n) is 7.87. The van der Waals surface area contributed by atoms with Crippen molar-refractivity contribution in [3.05, 3.63) is 47.7 Å². The summed E-state index contributed by atoms with van der Waals surface area (Å²) in [5.74, 6) is 0.172. The van der Waals surface area contributed by atoms with Crippen LogP contribution in [0.15, 0.2) is 40.8 Å². The predicted octanol–water partition coefficient (Wildman–Crippen LogP) is 4.54. The van der Waals surface area contributed by atoms with Gasteiger partial charge in [0.05, 0.1) is 5.56 Å². The van der Waals surface area contributed by atoms with E-state index in [0.29, 0.717) is 13.0 Å². The molecule has 0 spiro atoms. The number of rotatable bonds is 3. The summed E-state index contributed by atoms with van der Waals surface area (Å²) in [4.78, 5) is 13.4. The summed E-state index contributed by atoms with van der Waals surface area (Å²) in [7, 11) is 0. The number of carbonyl (C=O) groups excluding carboxylic acids is 1. The average molecular weight is 392 g/mol. The minimum atomic E-state index is -4.44. The number of benzene rings is 1. The molecule has 1 aromatic heterocycles. The van der Waals surface area contributed by atoms with Crippen LogP contribution in [0, 0.1) is 0 Å². The molecule has 0 radical (unpaired) electrons. The van der Waals surface area contributed by atoms with Gasteiger partial charge in [0, 0.05) is 11.1 Å². The number of fused-ring (bicyclic) bond motifs is 1. The van der Waals surface area contributed by atoms with Crippen LogP contribution in [0.3, 0.4) is 0 Å². The Morgan fingerprint density at radius 2 is 1.82 bits per heavy atom. The van der Waals surface area contributed by atoms with E-state index in [1.54, 1.807) is 6.07 Å². The SMILES string of the molecule is NC12CCCCC1(C(=O)c1ccc(-c3cccc(C(F)(F)F)c3)o1)NCCC2. The second-order valence-corrected chi connectivity index (χ2v) is 7.87. The van der Waals surface area contributed by atoms with Gasteiger partial charge in [-0.15, -0.1) is 0 Å². The molecule has 28 heavy (non-hydrogen) atoms. The largest absolute Gasteiger partial charge is 0.453 e. The highest BCUT2D eigenvalue weighted by Gasteiger charge is 2.57. The summed E-state index contributed by atoms with van der Waals surface area (Å²) >= 11 is 0. The molecule has 1 saturated heterocycles. The number of halogens is 3. The van der Waals surface area contributed by atoms with E-state index in [4.69, 9.17) is 10.2 Å². The number of nitrogens with one attached hydrogen (secondary N) is 1. The van der Waals surface area contributed by atoms with Crippen molar-refractivity contribution in [2.45, 2.75) is 55.8 Å². The molecule has 3 N–H and O–H groups in total. The van der Waals surface area contributed by atoms with Crippen LogP contribution >= 0.6 is 0 Å². The Hall–Kier alpha value is -2.12. The quantitative estimate of drug-likeness (QED) is 0.753. The maximum absolute atomic E-state index is 13.4. The molecule has 2 atom stereocenters. The molecular formula is C21H23F3N2O2. The Morgan fingerprint density at radius 3 is 2.61 bits per heavy atom. The van der Waals surface area contributed by atoms with Crippen molar-refractivity contribution in [1.29, 1.82) is 0 Å². The maximum Gasteiger partial charge on any atom is 0.416 e. The van der Waals surface area contributed by atoms with E-state index < -0.39 is 22.8 Å². The predicted molar refractivity (Wildman–Crippen MR) is 98.8 cm³/mol. The molecule has 2 aromatic rings. The molecule has 150 valence electrons. The fourth-order valence-corrected chi connectivity index (χ4v) is 4.70. The average Bonchev–Trinajstić information content (AvgIpc) is 3.16. The Morgan fingerprint density at radius 1 is 1.07 bits per heavy atom. The van der Waals surface area contributed by atoms with Crippen LogP contribution in [-0.4, -0.2) is 23.4 Å². The molecule has 7 heteroatoms. The molecule has 2 aliphatic rings. The van der Waals surface area contributed by atoms with Gasteiger partial charge in [-0.1, -0.05) is 25.0 Å². The van der Waals surface area contributed by atoms with Crippen molar-refractivity contribution >= 4 is 5.78 Å². The Labute approximate surface area is 161 Å². The lowest BCUT2D eigenvalue weighted by atomic mass is 9.61. The molecule has 2 unspecified atom stereocenters. The molecule has 4 nitrogen and oxygen atoms in total. The zero-order valence-corrected chi connectivity index (χ0v) is 15.4. The number of Topliss-reactive ketones (excluding diaryl/α,β-unsaturated/α-hetero) is 1. The fraction of sp³-hybridized carbons (Fsp3) is 0.476. The topological polar surface area (TPSA) is 68.3 Å². The zero-order valence-electron chi connectivity index (χ0n) is 15.4. The molecule has 0 bridgehead atoms. The van der Waals surface area contributed by atoms with Crippen LogP contribution in [0.5, 0.6) is 0 Å². The smallest absolute Gasteiger partial charge is 0.416 e. The number of piperidine rings is 1. The number of hydrogen-bond donors (Lipinski definition) is 2. The number of hydrogen-bond acceptors (Lipinski definition) is 4. The first-order chi connectivity index (χ1) is 13.3. The van der Waals surface area contributed by atoms with Gasteiger partial charge in [-0.2, -0.15) is 13.2 Å². The van der Waals surface area contributed by atoms with Crippen LogP contribution < -0.4 is 11.1 Å². The number of nitrogens with two attached hydrogens (primary N) is 1. The lowest BCUT2D eigenvalue weighted by Crippen LogP contribution is -2.75. The van der Waals surface area contributed by atoms with Crippen LogP contribution in [0.25, 0.3) is 11.3 Å². The highest BCUT2D eigenvalue weighted by molar-refractivity contribution is 6.03. The monoisotopic (exact) mass is 392 g/mol. The lowest BCUT2D eigenvalue weighted by Gasteiger charge is -2.53. The van der Waals surface area contributed by atoms with E-state index in [9.17, 15) is 18.0 Å². The number of alkyl halides is 3. The van der Waals surface area contributed by atoms with E-state index >= 15 is 0 Å². The summed E-state index contributed by atoms with van der Waals surface area (Å²) in [6, 6.07) is 7.98. The first-order valence-corrected chi connectivity index (χ1v) is 9.61. The van der Waals surface area contributed by atoms with Crippen LogP contribution in [0.1, 0.15) is 54.6 Å². The second kappa shape index (κ2) is 6.74. The Balaban J connectivity index is 1.67. The van der Waals surface area contributed by atoms with E-state index in [1.165, 1.54) is 18.2 Å². The molecule has 1 aromatic carbocycles. The molecule has 4 rings (SSSR count). The van der Waals surface area contributed by atoms with Gasteiger partial charge in [-0.3, -0.25) is 4.79 Å². The van der Waals surface area contributed by atoms with Gasteiger partial charge in [0.25, 0.3) is 0 Å². The van der Waals surface area contributed by atoms with Gasteiger partial charge in [0.1, 0.15) is 11.3 Å². The third-order valence-electron chi connectivity index (χ3n) is 6.19. The van der Waals surface area contributed by atoms with E-state index in [0.717, 1.165) is 44.2 Å². The lowest BCUT2D eigenvalue weighted by molar-refractivity contribution is -0.137. The van der Waals surface area contributed by atoms with Crippen LogP contribution in [0.2, 0.25) is 0 Å². The summed E-state index contributed by atoms with van der Waals surface area (Å²) in [5.41, 5.74) is 4.71. The van der Waals surface area contributed by atoms with Crippen LogP contribution in [0.4, 0.5) is 13.2 Å². The minimum absolute atomic E-state index is 0.138. The van der Waals surface area contributed by atoms with Crippen molar-refractivity contribution in [3.8, 4) is 11.3 Å². The maximum atomic E-state index is 13.4. The summed E-state index contributed by atoms with van der Waals surface area (Å²) in [6.07, 6.45) is 0.550. The minimum Gasteiger partial charge on any atom is -0.453 e. The molecule has 0 amide bonds. The van der Waals surface area contributed by atoms with Crippen molar-refractivity contribution in [2.75, 3.05) is 6.54 Å². The third kappa shape index (κ3) is 3.06. The van der Waals surface area contributed by atoms with Gasteiger partial charge < -0.3 is 15.5 Å². The first-order valence-electron chi connectivity index (χ1n) is 9.61. The normalized spacial score (nSPS) is 28.0. The Kier molecular flexibility index (Phi) is 4.62. The van der Waals surface area contributed by atoms with E-state index in [-0.39, 0.29) is 22.9 Å². The molecular weight excluding hydrogens is 369 g/mol. The van der Waals surface area contributed by atoms with Crippen molar-refractivity contribution in [2.24, 2.45) is 5.73 Å². The van der Waals surface area contributed by atoms with E-state index in [1.807, 2.05) is 0 Å².